The molecule has 0 amide bonds. The summed E-state index contributed by atoms with van der Waals surface area (Å²) in [5, 5.41) is 11.3. The predicted molar refractivity (Wildman–Crippen MR) is 142 cm³/mol. The maximum absolute atomic E-state index is 11.4. The lowest BCUT2D eigenvalue weighted by Crippen LogP contribution is -2.07. The quantitative estimate of drug-likeness (QED) is 0.255. The summed E-state index contributed by atoms with van der Waals surface area (Å²) in [6.07, 6.45) is 5.43. The highest BCUT2D eigenvalue weighted by Crippen LogP contribution is 2.36. The van der Waals surface area contributed by atoms with Gasteiger partial charge in [-0.25, -0.2) is 0 Å². The molecule has 4 rings (SSSR count). The predicted octanol–water partition coefficient (Wildman–Crippen LogP) is 7.08. The second-order valence-electron chi connectivity index (χ2n) is 9.07. The molecule has 0 fully saturated rings. The molecule has 0 atom stereocenters. The van der Waals surface area contributed by atoms with E-state index in [1.807, 2.05) is 38.2 Å². The zero-order valence-corrected chi connectivity index (χ0v) is 21.4. The van der Waals surface area contributed by atoms with E-state index in [-0.39, 0.29) is 6.42 Å². The molecule has 6 heteroatoms. The largest absolute Gasteiger partial charge is 0.494 e. The minimum absolute atomic E-state index is 0.0722. The molecule has 0 aliphatic heterocycles. The van der Waals surface area contributed by atoms with E-state index in [0.717, 1.165) is 68.0 Å². The van der Waals surface area contributed by atoms with Crippen molar-refractivity contribution in [3.05, 3.63) is 81.8 Å². The summed E-state index contributed by atoms with van der Waals surface area (Å²) in [5.41, 5.74) is 8.72. The normalized spacial score (nSPS) is 11.2. The molecule has 2 aromatic carbocycles. The van der Waals surface area contributed by atoms with Crippen molar-refractivity contribution in [1.29, 1.82) is 0 Å². The van der Waals surface area contributed by atoms with E-state index in [4.69, 9.17) is 16.3 Å². The molecule has 0 saturated heterocycles. The smallest absolute Gasteiger partial charge is 0.305 e. The standard InChI is InChI=1S/C29H31ClN2O3/c1-18-10-12-31-17-26(18)25-8-5-7-24-23(21(4)32(29(24)25)13-11-27(33)34)9-6-14-35-22-15-19(2)28(30)20(3)16-22/h5,7-8,10,12,15-17H,6,9,11,13-14H2,1-4H3,(H,33,34). The fourth-order valence-electron chi connectivity index (χ4n) is 4.80. The number of para-hydroxylation sites is 1. The first kappa shape index (κ1) is 24.8. The number of carboxylic acid groups (broad SMARTS) is 1. The van der Waals surface area contributed by atoms with Crippen molar-refractivity contribution in [2.24, 2.45) is 0 Å². The number of fused-ring (bicyclic) bond motifs is 1. The van der Waals surface area contributed by atoms with E-state index < -0.39 is 5.97 Å². The van der Waals surface area contributed by atoms with Crippen molar-refractivity contribution in [1.82, 2.24) is 9.55 Å². The average Bonchev–Trinajstić information content (AvgIpc) is 3.10. The topological polar surface area (TPSA) is 64.4 Å². The third-order valence-electron chi connectivity index (χ3n) is 6.60. The number of aliphatic carboxylic acids is 1. The van der Waals surface area contributed by atoms with Crippen LogP contribution < -0.4 is 4.74 Å². The second kappa shape index (κ2) is 10.5. The van der Waals surface area contributed by atoms with Gasteiger partial charge in [0.25, 0.3) is 0 Å². The molecule has 2 aromatic heterocycles. The molecule has 182 valence electrons. The first-order chi connectivity index (χ1) is 16.8. The molecule has 5 nitrogen and oxygen atoms in total. The van der Waals surface area contributed by atoms with Gasteiger partial charge in [-0.1, -0.05) is 29.8 Å². The van der Waals surface area contributed by atoms with Crippen LogP contribution in [0.1, 0.15) is 40.8 Å². The number of pyridine rings is 1. The fourth-order valence-corrected chi connectivity index (χ4v) is 4.91. The van der Waals surface area contributed by atoms with Crippen molar-refractivity contribution in [3.8, 4) is 16.9 Å². The number of aromatic nitrogens is 2. The Morgan fingerprint density at radius 3 is 2.49 bits per heavy atom. The van der Waals surface area contributed by atoms with Crippen LogP contribution in [0.4, 0.5) is 0 Å². The average molecular weight is 491 g/mol. The Morgan fingerprint density at radius 1 is 1.06 bits per heavy atom. The van der Waals surface area contributed by atoms with Gasteiger partial charge in [0.15, 0.2) is 0 Å². The van der Waals surface area contributed by atoms with Gasteiger partial charge in [-0.3, -0.25) is 9.78 Å². The molecule has 0 aliphatic rings. The number of aryl methyl sites for hydroxylation is 5. The third-order valence-corrected chi connectivity index (χ3v) is 7.20. The summed E-state index contributed by atoms with van der Waals surface area (Å²) in [5.74, 6) is 0.0316. The molecule has 1 N–H and O–H groups in total. The number of carbonyl (C=O) groups is 1. The van der Waals surface area contributed by atoms with Crippen LogP contribution in [-0.4, -0.2) is 27.2 Å². The molecular formula is C29H31ClN2O3. The van der Waals surface area contributed by atoms with Crippen LogP contribution in [0.25, 0.3) is 22.0 Å². The van der Waals surface area contributed by atoms with Crippen LogP contribution in [0.2, 0.25) is 5.02 Å². The van der Waals surface area contributed by atoms with Crippen LogP contribution in [-0.2, 0) is 17.8 Å². The highest BCUT2D eigenvalue weighted by atomic mass is 35.5. The van der Waals surface area contributed by atoms with Gasteiger partial charge in [0.2, 0.25) is 0 Å². The van der Waals surface area contributed by atoms with Crippen molar-refractivity contribution in [2.75, 3.05) is 6.61 Å². The van der Waals surface area contributed by atoms with E-state index in [0.29, 0.717) is 13.2 Å². The number of hydrogen-bond acceptors (Lipinski definition) is 3. The van der Waals surface area contributed by atoms with Crippen molar-refractivity contribution < 1.29 is 14.6 Å². The lowest BCUT2D eigenvalue weighted by Gasteiger charge is -2.12. The number of ether oxygens (including phenoxy) is 1. The summed E-state index contributed by atoms with van der Waals surface area (Å²) < 4.78 is 8.20. The Hall–Kier alpha value is -3.31. The van der Waals surface area contributed by atoms with Crippen molar-refractivity contribution in [3.63, 3.8) is 0 Å². The van der Waals surface area contributed by atoms with Crippen LogP contribution in [0, 0.1) is 27.7 Å². The monoisotopic (exact) mass is 490 g/mol. The van der Waals surface area contributed by atoms with Gasteiger partial charge in [0, 0.05) is 46.2 Å². The molecule has 0 bridgehead atoms. The van der Waals surface area contributed by atoms with Crippen LogP contribution in [0.15, 0.2) is 48.8 Å². The number of hydrogen-bond donors (Lipinski definition) is 1. The molecule has 0 saturated carbocycles. The van der Waals surface area contributed by atoms with Gasteiger partial charge in [-0.2, -0.15) is 0 Å². The Labute approximate surface area is 211 Å². The van der Waals surface area contributed by atoms with Crippen LogP contribution in [0.3, 0.4) is 0 Å². The number of halogens is 1. The van der Waals surface area contributed by atoms with Gasteiger partial charge in [0.05, 0.1) is 18.5 Å². The van der Waals surface area contributed by atoms with E-state index in [1.54, 1.807) is 6.20 Å². The molecule has 0 unspecified atom stereocenters. The van der Waals surface area contributed by atoms with E-state index in [1.165, 1.54) is 5.56 Å². The zero-order chi connectivity index (χ0) is 25.1. The molecular weight excluding hydrogens is 460 g/mol. The summed E-state index contributed by atoms with van der Waals surface area (Å²) in [7, 11) is 0. The van der Waals surface area contributed by atoms with Crippen molar-refractivity contribution in [2.45, 2.75) is 53.5 Å². The van der Waals surface area contributed by atoms with E-state index >= 15 is 0 Å². The molecule has 4 aromatic rings. The maximum atomic E-state index is 11.4. The minimum atomic E-state index is -0.801. The summed E-state index contributed by atoms with van der Waals surface area (Å²) in [6, 6.07) is 12.3. The summed E-state index contributed by atoms with van der Waals surface area (Å²) >= 11 is 6.28. The Kier molecular flexibility index (Phi) is 7.46. The van der Waals surface area contributed by atoms with Gasteiger partial charge in [-0.05, 0) is 81.0 Å². The first-order valence-electron chi connectivity index (χ1n) is 11.9. The number of nitrogens with zero attached hydrogens (tertiary/aromatic N) is 2. The summed E-state index contributed by atoms with van der Waals surface area (Å²) in [4.78, 5) is 15.7. The third kappa shape index (κ3) is 5.20. The Balaban J connectivity index is 1.65. The highest BCUT2D eigenvalue weighted by molar-refractivity contribution is 6.32. The van der Waals surface area contributed by atoms with Crippen molar-refractivity contribution >= 4 is 28.5 Å². The maximum Gasteiger partial charge on any atom is 0.305 e. The van der Waals surface area contributed by atoms with Gasteiger partial charge in [-0.15, -0.1) is 0 Å². The molecule has 0 radical (unpaired) electrons. The lowest BCUT2D eigenvalue weighted by molar-refractivity contribution is -0.137. The summed E-state index contributed by atoms with van der Waals surface area (Å²) in [6.45, 7) is 9.14. The highest BCUT2D eigenvalue weighted by Gasteiger charge is 2.19. The number of benzene rings is 2. The number of carboxylic acids is 1. The lowest BCUT2D eigenvalue weighted by atomic mass is 9.98. The zero-order valence-electron chi connectivity index (χ0n) is 20.7. The number of rotatable bonds is 9. The van der Waals surface area contributed by atoms with Gasteiger partial charge >= 0.3 is 5.97 Å². The van der Waals surface area contributed by atoms with Gasteiger partial charge in [0.1, 0.15) is 5.75 Å². The molecule has 2 heterocycles. The first-order valence-corrected chi connectivity index (χ1v) is 12.3. The van der Waals surface area contributed by atoms with Crippen LogP contribution >= 0.6 is 11.6 Å². The van der Waals surface area contributed by atoms with Crippen LogP contribution in [0.5, 0.6) is 5.75 Å². The van der Waals surface area contributed by atoms with E-state index in [2.05, 4.69) is 41.6 Å². The molecule has 35 heavy (non-hydrogen) atoms. The fraction of sp³-hybridized carbons (Fsp3) is 0.310. The second-order valence-corrected chi connectivity index (χ2v) is 9.45. The minimum Gasteiger partial charge on any atom is -0.494 e. The Bertz CT molecular complexity index is 1370. The van der Waals surface area contributed by atoms with E-state index in [9.17, 15) is 9.90 Å². The SMILES string of the molecule is Cc1ccncc1-c1cccc2c(CCCOc3cc(C)c(Cl)c(C)c3)c(C)n(CCC(=O)O)c12. The molecule has 0 aliphatic carbocycles. The van der Waals surface area contributed by atoms with Gasteiger partial charge < -0.3 is 14.4 Å². The molecule has 0 spiro atoms. The Morgan fingerprint density at radius 2 is 1.80 bits per heavy atom.